The summed E-state index contributed by atoms with van der Waals surface area (Å²) in [7, 11) is 0. The highest BCUT2D eigenvalue weighted by Gasteiger charge is 2.05. The molecule has 0 saturated carbocycles. The Bertz CT molecular complexity index is 571. The van der Waals surface area contributed by atoms with Gasteiger partial charge >= 0.3 is 0 Å². The molecule has 2 aromatic rings. The average molecular weight is 280 g/mol. The zero-order valence-electron chi connectivity index (χ0n) is 13.1. The van der Waals surface area contributed by atoms with Crippen molar-refractivity contribution in [2.45, 2.75) is 39.2 Å². The third-order valence-corrected chi connectivity index (χ3v) is 3.71. The Balaban J connectivity index is 2.13. The lowest BCUT2D eigenvalue weighted by atomic mass is 10.00. The van der Waals surface area contributed by atoms with Crippen LogP contribution in [0.5, 0.6) is 5.75 Å². The van der Waals surface area contributed by atoms with E-state index in [0.29, 0.717) is 5.92 Å². The van der Waals surface area contributed by atoms with E-state index in [-0.39, 0.29) is 6.10 Å². The minimum Gasteiger partial charge on any atom is -0.490 e. The van der Waals surface area contributed by atoms with E-state index in [0.717, 1.165) is 17.7 Å². The summed E-state index contributed by atoms with van der Waals surface area (Å²) in [4.78, 5) is 0. The molecule has 0 fully saturated rings. The molecule has 2 atom stereocenters. The van der Waals surface area contributed by atoms with Crippen molar-refractivity contribution in [1.82, 2.24) is 0 Å². The van der Waals surface area contributed by atoms with Crippen LogP contribution in [0.2, 0.25) is 0 Å². The fourth-order valence-electron chi connectivity index (χ4n) is 2.14. The second-order valence-electron chi connectivity index (χ2n) is 5.43. The van der Waals surface area contributed by atoms with Gasteiger partial charge in [0.1, 0.15) is 5.75 Å². The van der Waals surface area contributed by atoms with Gasteiger partial charge in [0.25, 0.3) is 0 Å². The molecule has 0 heterocycles. The highest BCUT2D eigenvalue weighted by atomic mass is 16.5. The van der Waals surface area contributed by atoms with Crippen LogP contribution in [0.3, 0.4) is 0 Å². The Morgan fingerprint density at radius 2 is 1.62 bits per heavy atom. The standard InChI is InChI=1S/C20H24O/c1-4-17(3)21-20-13-9-8-12-19(20)15-14-16(2)18-10-6-5-7-11-18/h5-17H,4H2,1-3H3. The predicted octanol–water partition coefficient (Wildman–Crippen LogP) is 5.68. The topological polar surface area (TPSA) is 9.23 Å². The van der Waals surface area contributed by atoms with E-state index in [1.807, 2.05) is 12.1 Å². The maximum Gasteiger partial charge on any atom is 0.126 e. The van der Waals surface area contributed by atoms with Crippen molar-refractivity contribution in [3.63, 3.8) is 0 Å². The summed E-state index contributed by atoms with van der Waals surface area (Å²) < 4.78 is 5.98. The summed E-state index contributed by atoms with van der Waals surface area (Å²) in [6.45, 7) is 6.46. The van der Waals surface area contributed by atoms with Gasteiger partial charge in [0.15, 0.2) is 0 Å². The van der Waals surface area contributed by atoms with Crippen LogP contribution in [0.25, 0.3) is 6.08 Å². The third-order valence-electron chi connectivity index (χ3n) is 3.71. The molecule has 1 nitrogen and oxygen atoms in total. The molecule has 0 aliphatic carbocycles. The van der Waals surface area contributed by atoms with E-state index in [4.69, 9.17) is 4.74 Å². The Morgan fingerprint density at radius 1 is 0.952 bits per heavy atom. The molecule has 0 saturated heterocycles. The molecule has 2 rings (SSSR count). The van der Waals surface area contributed by atoms with Crippen LogP contribution in [0, 0.1) is 0 Å². The number of para-hydroxylation sites is 1. The molecular formula is C20H24O. The SMILES string of the molecule is CCC(C)Oc1ccccc1C=CC(C)c1ccccc1. The summed E-state index contributed by atoms with van der Waals surface area (Å²) in [6.07, 6.45) is 5.65. The molecule has 0 N–H and O–H groups in total. The van der Waals surface area contributed by atoms with E-state index in [1.165, 1.54) is 5.56 Å². The minimum atomic E-state index is 0.242. The fourth-order valence-corrected chi connectivity index (χ4v) is 2.14. The summed E-state index contributed by atoms with van der Waals surface area (Å²) in [5.74, 6) is 1.35. The Labute approximate surface area is 128 Å². The maximum absolute atomic E-state index is 5.98. The number of benzene rings is 2. The van der Waals surface area contributed by atoms with Crippen LogP contribution in [-0.2, 0) is 0 Å². The quantitative estimate of drug-likeness (QED) is 0.661. The van der Waals surface area contributed by atoms with Crippen LogP contribution in [0.1, 0.15) is 44.2 Å². The lowest BCUT2D eigenvalue weighted by Crippen LogP contribution is -2.10. The van der Waals surface area contributed by atoms with E-state index in [2.05, 4.69) is 75.4 Å². The molecule has 2 unspecified atom stereocenters. The fraction of sp³-hybridized carbons (Fsp3) is 0.300. The largest absolute Gasteiger partial charge is 0.490 e. The molecule has 0 aliphatic heterocycles. The van der Waals surface area contributed by atoms with Gasteiger partial charge in [-0.05, 0) is 30.9 Å². The van der Waals surface area contributed by atoms with Gasteiger partial charge < -0.3 is 4.74 Å². The van der Waals surface area contributed by atoms with Gasteiger partial charge in [-0.1, -0.05) is 74.5 Å². The molecule has 21 heavy (non-hydrogen) atoms. The highest BCUT2D eigenvalue weighted by molar-refractivity contribution is 5.58. The van der Waals surface area contributed by atoms with Crippen molar-refractivity contribution in [3.8, 4) is 5.75 Å². The monoisotopic (exact) mass is 280 g/mol. The Morgan fingerprint density at radius 3 is 2.33 bits per heavy atom. The van der Waals surface area contributed by atoms with Crippen molar-refractivity contribution in [2.75, 3.05) is 0 Å². The molecule has 2 aromatic carbocycles. The van der Waals surface area contributed by atoms with Gasteiger partial charge in [-0.2, -0.15) is 0 Å². The van der Waals surface area contributed by atoms with E-state index >= 15 is 0 Å². The van der Waals surface area contributed by atoms with Gasteiger partial charge in [0, 0.05) is 5.56 Å². The minimum absolute atomic E-state index is 0.242. The second kappa shape index (κ2) is 7.68. The van der Waals surface area contributed by atoms with Crippen LogP contribution < -0.4 is 4.74 Å². The van der Waals surface area contributed by atoms with E-state index < -0.39 is 0 Å². The van der Waals surface area contributed by atoms with Crippen molar-refractivity contribution in [2.24, 2.45) is 0 Å². The maximum atomic E-state index is 5.98. The highest BCUT2D eigenvalue weighted by Crippen LogP contribution is 2.24. The third kappa shape index (κ3) is 4.49. The van der Waals surface area contributed by atoms with Gasteiger partial charge in [0.2, 0.25) is 0 Å². The van der Waals surface area contributed by atoms with Crippen molar-refractivity contribution in [3.05, 3.63) is 71.8 Å². The van der Waals surface area contributed by atoms with E-state index in [1.54, 1.807) is 0 Å². The molecular weight excluding hydrogens is 256 g/mol. The number of hydrogen-bond acceptors (Lipinski definition) is 1. The summed E-state index contributed by atoms with van der Waals surface area (Å²) in [6, 6.07) is 18.8. The normalized spacial score (nSPS) is 14.0. The van der Waals surface area contributed by atoms with Gasteiger partial charge in [0.05, 0.1) is 6.10 Å². The zero-order valence-corrected chi connectivity index (χ0v) is 13.1. The van der Waals surface area contributed by atoms with Gasteiger partial charge in [-0.25, -0.2) is 0 Å². The average Bonchev–Trinajstić information content (AvgIpc) is 2.54. The van der Waals surface area contributed by atoms with Crippen LogP contribution >= 0.6 is 0 Å². The summed E-state index contributed by atoms with van der Waals surface area (Å²) in [5, 5.41) is 0. The van der Waals surface area contributed by atoms with Gasteiger partial charge in [-0.15, -0.1) is 0 Å². The van der Waals surface area contributed by atoms with Gasteiger partial charge in [-0.3, -0.25) is 0 Å². The molecule has 0 aromatic heterocycles. The van der Waals surface area contributed by atoms with Crippen molar-refractivity contribution < 1.29 is 4.74 Å². The Hall–Kier alpha value is -2.02. The lowest BCUT2D eigenvalue weighted by molar-refractivity contribution is 0.217. The zero-order chi connectivity index (χ0) is 15.1. The van der Waals surface area contributed by atoms with Crippen LogP contribution in [-0.4, -0.2) is 6.10 Å². The molecule has 0 amide bonds. The molecule has 1 heteroatoms. The first-order valence-corrected chi connectivity index (χ1v) is 7.69. The first kappa shape index (κ1) is 15.4. The second-order valence-corrected chi connectivity index (χ2v) is 5.43. The molecule has 0 spiro atoms. The first-order chi connectivity index (χ1) is 10.2. The number of allylic oxidation sites excluding steroid dienone is 1. The first-order valence-electron chi connectivity index (χ1n) is 7.69. The van der Waals surface area contributed by atoms with E-state index in [9.17, 15) is 0 Å². The summed E-state index contributed by atoms with van der Waals surface area (Å²) in [5.41, 5.74) is 2.47. The number of rotatable bonds is 6. The number of ether oxygens (including phenoxy) is 1. The van der Waals surface area contributed by atoms with Crippen molar-refractivity contribution >= 4 is 6.08 Å². The number of hydrogen-bond donors (Lipinski definition) is 0. The lowest BCUT2D eigenvalue weighted by Gasteiger charge is -2.15. The van der Waals surface area contributed by atoms with Crippen LogP contribution in [0.4, 0.5) is 0 Å². The van der Waals surface area contributed by atoms with Crippen molar-refractivity contribution in [1.29, 1.82) is 0 Å². The van der Waals surface area contributed by atoms with Crippen LogP contribution in [0.15, 0.2) is 60.7 Å². The molecule has 110 valence electrons. The molecule has 0 bridgehead atoms. The Kier molecular flexibility index (Phi) is 5.62. The summed E-state index contributed by atoms with van der Waals surface area (Å²) >= 11 is 0. The smallest absolute Gasteiger partial charge is 0.126 e. The molecule has 0 aliphatic rings. The predicted molar refractivity (Wildman–Crippen MR) is 90.7 cm³/mol. The molecule has 0 radical (unpaired) electrons.